The maximum Gasteiger partial charge on any atom is 0.221 e. The number of nitrogens with one attached hydrogen (secondary N) is 1. The van der Waals surface area contributed by atoms with E-state index < -0.39 is 0 Å². The number of methoxy groups -OCH3 is 2. The zero-order valence-corrected chi connectivity index (χ0v) is 15.7. The van der Waals surface area contributed by atoms with E-state index in [1.54, 1.807) is 14.2 Å². The smallest absolute Gasteiger partial charge is 0.221 e. The lowest BCUT2D eigenvalue weighted by atomic mass is 9.76. The third-order valence-electron chi connectivity index (χ3n) is 5.51. The summed E-state index contributed by atoms with van der Waals surface area (Å²) in [4.78, 5) is 13.9. The number of carbonyl (C=O) groups is 1. The molecular formula is C21H24N2O3. The van der Waals surface area contributed by atoms with E-state index in [1.165, 1.54) is 23.6 Å². The Kier molecular flexibility index (Phi) is 4.11. The molecule has 0 radical (unpaired) electrons. The van der Waals surface area contributed by atoms with Crippen molar-refractivity contribution in [3.05, 3.63) is 41.0 Å². The first-order valence-electron chi connectivity index (χ1n) is 8.92. The molecule has 4 rings (SSSR count). The number of likely N-dealkylation sites (N-methyl/N-ethyl adjacent to an activating group) is 1. The SMILES string of the molecule is COc1cc2c3c(c1OC)-c1cc(NC(C)=O)ccc1CC3N(C)CC2. The first-order chi connectivity index (χ1) is 12.5. The number of hydrogen-bond donors (Lipinski definition) is 1. The van der Waals surface area contributed by atoms with Crippen molar-refractivity contribution in [3.8, 4) is 22.6 Å². The molecule has 1 heterocycles. The predicted octanol–water partition coefficient (Wildman–Crippen LogP) is 3.41. The van der Waals surface area contributed by atoms with Crippen LogP contribution in [0.15, 0.2) is 24.3 Å². The molecule has 1 aliphatic carbocycles. The minimum absolute atomic E-state index is 0.0713. The molecule has 1 amide bonds. The van der Waals surface area contributed by atoms with Gasteiger partial charge in [-0.05, 0) is 60.3 Å². The number of rotatable bonds is 3. The molecule has 0 fully saturated rings. The molecule has 0 spiro atoms. The highest BCUT2D eigenvalue weighted by molar-refractivity contribution is 5.91. The lowest BCUT2D eigenvalue weighted by molar-refractivity contribution is -0.114. The van der Waals surface area contributed by atoms with Gasteiger partial charge in [-0.15, -0.1) is 0 Å². The third-order valence-corrected chi connectivity index (χ3v) is 5.51. The van der Waals surface area contributed by atoms with Crippen molar-refractivity contribution in [3.63, 3.8) is 0 Å². The van der Waals surface area contributed by atoms with E-state index >= 15 is 0 Å². The molecule has 5 nitrogen and oxygen atoms in total. The fourth-order valence-electron chi connectivity index (χ4n) is 4.32. The first kappa shape index (κ1) is 16.9. The summed E-state index contributed by atoms with van der Waals surface area (Å²) in [5.74, 6) is 1.47. The summed E-state index contributed by atoms with van der Waals surface area (Å²) in [6.45, 7) is 2.56. The predicted molar refractivity (Wildman–Crippen MR) is 102 cm³/mol. The number of fused-ring (bicyclic) bond motifs is 2. The minimum atomic E-state index is -0.0713. The summed E-state index contributed by atoms with van der Waals surface area (Å²) in [5.41, 5.74) is 6.96. The highest BCUT2D eigenvalue weighted by Gasteiger charge is 2.36. The summed E-state index contributed by atoms with van der Waals surface area (Å²) in [7, 11) is 5.56. The molecule has 136 valence electrons. The van der Waals surface area contributed by atoms with Crippen molar-refractivity contribution < 1.29 is 14.3 Å². The zero-order chi connectivity index (χ0) is 18.4. The molecule has 1 atom stereocenters. The molecule has 0 aromatic heterocycles. The van der Waals surface area contributed by atoms with Gasteiger partial charge < -0.3 is 14.8 Å². The van der Waals surface area contributed by atoms with E-state index in [1.807, 2.05) is 6.07 Å². The Labute approximate surface area is 153 Å². The van der Waals surface area contributed by atoms with Crippen molar-refractivity contribution in [2.75, 3.05) is 33.1 Å². The van der Waals surface area contributed by atoms with E-state index in [9.17, 15) is 4.79 Å². The van der Waals surface area contributed by atoms with Crippen LogP contribution in [0.5, 0.6) is 11.5 Å². The number of ether oxygens (including phenoxy) is 2. The lowest BCUT2D eigenvalue weighted by Gasteiger charge is -2.40. The van der Waals surface area contributed by atoms with Crippen LogP contribution in [0.25, 0.3) is 11.1 Å². The van der Waals surface area contributed by atoms with Crippen molar-refractivity contribution in [1.82, 2.24) is 4.90 Å². The highest BCUT2D eigenvalue weighted by atomic mass is 16.5. The molecule has 0 saturated carbocycles. The molecule has 26 heavy (non-hydrogen) atoms. The monoisotopic (exact) mass is 352 g/mol. The van der Waals surface area contributed by atoms with Crippen LogP contribution in [0.3, 0.4) is 0 Å². The van der Waals surface area contributed by atoms with E-state index in [4.69, 9.17) is 9.47 Å². The number of amides is 1. The standard InChI is InChI=1S/C21H24N2O3/c1-12(24)22-15-6-5-13-9-17-19-14(7-8-23(17)2)10-18(25-3)21(26-4)20(19)16(13)11-15/h5-6,10-11,17H,7-9H2,1-4H3,(H,22,24). The summed E-state index contributed by atoms with van der Waals surface area (Å²) in [5, 5.41) is 2.89. The average molecular weight is 352 g/mol. The van der Waals surface area contributed by atoms with Gasteiger partial charge in [-0.1, -0.05) is 6.07 Å². The van der Waals surface area contributed by atoms with Crippen LogP contribution in [-0.2, 0) is 17.6 Å². The maximum absolute atomic E-state index is 11.5. The van der Waals surface area contributed by atoms with Crippen LogP contribution in [-0.4, -0.2) is 38.6 Å². The van der Waals surface area contributed by atoms with E-state index in [0.29, 0.717) is 6.04 Å². The molecule has 2 aliphatic rings. The summed E-state index contributed by atoms with van der Waals surface area (Å²) in [6.07, 6.45) is 1.96. The van der Waals surface area contributed by atoms with Gasteiger partial charge in [-0.25, -0.2) is 0 Å². The summed E-state index contributed by atoms with van der Waals surface area (Å²) >= 11 is 0. The number of hydrogen-bond acceptors (Lipinski definition) is 4. The molecule has 0 bridgehead atoms. The Morgan fingerprint density at radius 1 is 1.19 bits per heavy atom. The molecule has 2 aromatic carbocycles. The Morgan fingerprint density at radius 3 is 2.69 bits per heavy atom. The molecule has 1 N–H and O–H groups in total. The van der Waals surface area contributed by atoms with Gasteiger partial charge >= 0.3 is 0 Å². The average Bonchev–Trinajstić information content (AvgIpc) is 2.63. The van der Waals surface area contributed by atoms with Crippen LogP contribution < -0.4 is 14.8 Å². The van der Waals surface area contributed by atoms with Crippen molar-refractivity contribution in [2.24, 2.45) is 0 Å². The summed E-state index contributed by atoms with van der Waals surface area (Å²) in [6, 6.07) is 8.61. The van der Waals surface area contributed by atoms with Gasteiger partial charge in [0.15, 0.2) is 11.5 Å². The molecule has 0 saturated heterocycles. The van der Waals surface area contributed by atoms with Gasteiger partial charge in [0.05, 0.1) is 14.2 Å². The largest absolute Gasteiger partial charge is 0.493 e. The zero-order valence-electron chi connectivity index (χ0n) is 15.7. The van der Waals surface area contributed by atoms with Gasteiger partial charge in [0.1, 0.15) is 0 Å². The molecule has 2 aromatic rings. The second-order valence-electron chi connectivity index (χ2n) is 7.06. The second kappa shape index (κ2) is 6.32. The molecule has 1 aliphatic heterocycles. The lowest BCUT2D eigenvalue weighted by Crippen LogP contribution is -2.35. The number of benzene rings is 2. The first-order valence-corrected chi connectivity index (χ1v) is 8.92. The van der Waals surface area contributed by atoms with E-state index in [-0.39, 0.29) is 5.91 Å². The van der Waals surface area contributed by atoms with Gasteiger partial charge in [0.2, 0.25) is 5.91 Å². The van der Waals surface area contributed by atoms with Gasteiger partial charge in [0, 0.05) is 30.8 Å². The Morgan fingerprint density at radius 2 is 2.00 bits per heavy atom. The van der Waals surface area contributed by atoms with Crippen molar-refractivity contribution in [2.45, 2.75) is 25.8 Å². The van der Waals surface area contributed by atoms with Crippen molar-refractivity contribution >= 4 is 11.6 Å². The fourth-order valence-corrected chi connectivity index (χ4v) is 4.32. The molecular weight excluding hydrogens is 328 g/mol. The number of anilines is 1. The molecule has 1 unspecified atom stereocenters. The number of carbonyl (C=O) groups excluding carboxylic acids is 1. The Hall–Kier alpha value is -2.53. The fraction of sp³-hybridized carbons (Fsp3) is 0.381. The van der Waals surface area contributed by atoms with Gasteiger partial charge in [0.25, 0.3) is 0 Å². The van der Waals surface area contributed by atoms with E-state index in [0.717, 1.165) is 47.7 Å². The Balaban J connectivity index is 2.00. The normalized spacial score (nSPS) is 17.9. The van der Waals surface area contributed by atoms with Crippen LogP contribution in [0.4, 0.5) is 5.69 Å². The highest BCUT2D eigenvalue weighted by Crippen LogP contribution is 2.52. The minimum Gasteiger partial charge on any atom is -0.493 e. The third kappa shape index (κ3) is 2.54. The maximum atomic E-state index is 11.5. The van der Waals surface area contributed by atoms with Crippen LogP contribution in [0.2, 0.25) is 0 Å². The van der Waals surface area contributed by atoms with Crippen molar-refractivity contribution in [1.29, 1.82) is 0 Å². The van der Waals surface area contributed by atoms with E-state index in [2.05, 4.69) is 35.5 Å². The van der Waals surface area contributed by atoms with Gasteiger partial charge in [-0.3, -0.25) is 9.69 Å². The van der Waals surface area contributed by atoms with Crippen LogP contribution in [0.1, 0.15) is 29.7 Å². The van der Waals surface area contributed by atoms with Crippen LogP contribution in [0, 0.1) is 0 Å². The Bertz CT molecular complexity index is 891. The topological polar surface area (TPSA) is 50.8 Å². The summed E-state index contributed by atoms with van der Waals surface area (Å²) < 4.78 is 11.4. The molecule has 5 heteroatoms. The van der Waals surface area contributed by atoms with Gasteiger partial charge in [-0.2, -0.15) is 0 Å². The second-order valence-corrected chi connectivity index (χ2v) is 7.06. The number of nitrogens with zero attached hydrogens (tertiary/aromatic N) is 1. The quantitative estimate of drug-likeness (QED) is 0.920. The van der Waals surface area contributed by atoms with Crippen LogP contribution >= 0.6 is 0 Å².